The molecule has 1 aromatic heterocycles. The molecule has 2 aromatic rings. The Labute approximate surface area is 161 Å². The van der Waals surface area contributed by atoms with Crippen LogP contribution in [0.25, 0.3) is 0 Å². The van der Waals surface area contributed by atoms with E-state index in [-0.39, 0.29) is 6.04 Å². The fraction of sp³-hybridized carbons (Fsp3) is 0.421. The number of rotatable bonds is 10. The van der Waals surface area contributed by atoms with E-state index in [1.165, 1.54) is 4.31 Å². The number of hydrogen-bond acceptors (Lipinski definition) is 5. The molecular weight excluding hydrogens is 364 g/mol. The van der Waals surface area contributed by atoms with Crippen molar-refractivity contribution in [2.45, 2.75) is 32.4 Å². The average molecular weight is 393 g/mol. The molecule has 3 N–H and O–H groups in total. The topological polar surface area (TPSA) is 94.6 Å². The van der Waals surface area contributed by atoms with Gasteiger partial charge in [-0.1, -0.05) is 18.2 Å². The largest absolute Gasteiger partial charge is 0.387 e. The molecule has 0 saturated carbocycles. The van der Waals surface area contributed by atoms with Gasteiger partial charge < -0.3 is 10.4 Å². The van der Waals surface area contributed by atoms with Gasteiger partial charge in [-0.3, -0.25) is 9.71 Å². The molecule has 0 saturated heterocycles. The molecule has 0 spiro atoms. The minimum absolute atomic E-state index is 0.116. The van der Waals surface area contributed by atoms with Gasteiger partial charge in [0, 0.05) is 43.3 Å². The van der Waals surface area contributed by atoms with Gasteiger partial charge in [0.05, 0.1) is 6.10 Å². The number of aromatic nitrogens is 1. The maximum Gasteiger partial charge on any atom is 0.301 e. The summed E-state index contributed by atoms with van der Waals surface area (Å²) < 4.78 is 28.2. The third kappa shape index (κ3) is 6.59. The van der Waals surface area contributed by atoms with Crippen molar-refractivity contribution in [3.05, 3.63) is 59.9 Å². The predicted octanol–water partition coefficient (Wildman–Crippen LogP) is 1.94. The van der Waals surface area contributed by atoms with Crippen LogP contribution in [0.1, 0.15) is 31.1 Å². The summed E-state index contributed by atoms with van der Waals surface area (Å²) in [5.41, 5.74) is 2.40. The number of pyridine rings is 1. The van der Waals surface area contributed by atoms with Crippen molar-refractivity contribution in [2.24, 2.45) is 0 Å². The summed E-state index contributed by atoms with van der Waals surface area (Å²) in [5.74, 6) is 0. The molecule has 2 rings (SSSR count). The van der Waals surface area contributed by atoms with E-state index in [4.69, 9.17) is 0 Å². The Morgan fingerprint density at radius 2 is 1.89 bits per heavy atom. The lowest BCUT2D eigenvalue weighted by Gasteiger charge is -2.21. The molecule has 0 aliphatic carbocycles. The summed E-state index contributed by atoms with van der Waals surface area (Å²) in [4.78, 5) is 4.00. The Balaban J connectivity index is 1.79. The molecule has 1 unspecified atom stereocenters. The number of anilines is 1. The third-order valence-electron chi connectivity index (χ3n) is 4.30. The number of benzene rings is 1. The quantitative estimate of drug-likeness (QED) is 0.537. The molecule has 0 amide bonds. The Bertz CT molecular complexity index is 795. The van der Waals surface area contributed by atoms with Crippen LogP contribution in [0, 0.1) is 0 Å². The van der Waals surface area contributed by atoms with Crippen LogP contribution in [0.15, 0.2) is 48.8 Å². The Kier molecular flexibility index (Phi) is 7.73. The monoisotopic (exact) mass is 392 g/mol. The zero-order valence-corrected chi connectivity index (χ0v) is 16.8. The molecule has 0 aliphatic heterocycles. The zero-order valence-electron chi connectivity index (χ0n) is 16.0. The van der Waals surface area contributed by atoms with E-state index < -0.39 is 16.3 Å². The van der Waals surface area contributed by atoms with E-state index in [1.54, 1.807) is 37.6 Å². The number of nitrogens with one attached hydrogen (secondary N) is 2. The highest BCUT2D eigenvalue weighted by atomic mass is 32.2. The molecule has 1 atom stereocenters. The summed E-state index contributed by atoms with van der Waals surface area (Å²) in [5, 5.41) is 13.3. The minimum atomic E-state index is -3.54. The lowest BCUT2D eigenvalue weighted by molar-refractivity contribution is 0.174. The Morgan fingerprint density at radius 1 is 1.19 bits per heavy atom. The smallest absolute Gasteiger partial charge is 0.301 e. The molecular formula is C19H28N4O3S. The van der Waals surface area contributed by atoms with Crippen LogP contribution in [0.5, 0.6) is 0 Å². The summed E-state index contributed by atoms with van der Waals surface area (Å²) in [7, 11) is -2.00. The van der Waals surface area contributed by atoms with Crippen molar-refractivity contribution in [3.63, 3.8) is 0 Å². The second-order valence-corrected chi connectivity index (χ2v) is 8.40. The van der Waals surface area contributed by atoms with Gasteiger partial charge in [-0.15, -0.1) is 0 Å². The van der Waals surface area contributed by atoms with Gasteiger partial charge in [-0.25, -0.2) is 0 Å². The molecule has 0 bridgehead atoms. The van der Waals surface area contributed by atoms with E-state index in [0.29, 0.717) is 18.8 Å². The standard InChI is InChI=1S/C19H28N4O3S/c1-15(2)23(3)27(25,26)22-18-8-6-16(7-9-18)10-12-21-14-19(24)17-5-4-11-20-13-17/h4-9,11,13,15,19,21-22,24H,10,12,14H2,1-3H3. The first-order valence-corrected chi connectivity index (χ1v) is 10.4. The maximum atomic E-state index is 12.2. The van der Waals surface area contributed by atoms with E-state index in [0.717, 1.165) is 17.5 Å². The normalized spacial score (nSPS) is 13.1. The molecule has 7 nitrogen and oxygen atoms in total. The minimum Gasteiger partial charge on any atom is -0.387 e. The zero-order chi connectivity index (χ0) is 19.9. The molecule has 1 aromatic carbocycles. The molecule has 0 aliphatic rings. The molecule has 148 valence electrons. The summed E-state index contributed by atoms with van der Waals surface area (Å²) >= 11 is 0. The van der Waals surface area contributed by atoms with Gasteiger partial charge in [-0.2, -0.15) is 12.7 Å². The van der Waals surface area contributed by atoms with Crippen LogP contribution in [0.3, 0.4) is 0 Å². The van der Waals surface area contributed by atoms with Crippen molar-refractivity contribution >= 4 is 15.9 Å². The maximum absolute atomic E-state index is 12.2. The van der Waals surface area contributed by atoms with Gasteiger partial charge in [0.15, 0.2) is 0 Å². The van der Waals surface area contributed by atoms with E-state index in [1.807, 2.05) is 32.0 Å². The summed E-state index contributed by atoms with van der Waals surface area (Å²) in [6.45, 7) is 4.80. The van der Waals surface area contributed by atoms with E-state index >= 15 is 0 Å². The third-order valence-corrected chi connectivity index (χ3v) is 5.98. The van der Waals surface area contributed by atoms with Crippen molar-refractivity contribution < 1.29 is 13.5 Å². The second-order valence-electron chi connectivity index (χ2n) is 6.67. The highest BCUT2D eigenvalue weighted by Crippen LogP contribution is 2.14. The molecule has 27 heavy (non-hydrogen) atoms. The van der Waals surface area contributed by atoms with Crippen molar-refractivity contribution in [3.8, 4) is 0 Å². The summed E-state index contributed by atoms with van der Waals surface area (Å²) in [6.07, 6.45) is 3.52. The summed E-state index contributed by atoms with van der Waals surface area (Å²) in [6, 6.07) is 10.8. The molecule has 0 fully saturated rings. The van der Waals surface area contributed by atoms with E-state index in [2.05, 4.69) is 15.0 Å². The lowest BCUT2D eigenvalue weighted by Crippen LogP contribution is -2.37. The fourth-order valence-corrected chi connectivity index (χ4v) is 3.53. The molecule has 8 heteroatoms. The highest BCUT2D eigenvalue weighted by Gasteiger charge is 2.20. The number of hydrogen-bond donors (Lipinski definition) is 3. The lowest BCUT2D eigenvalue weighted by atomic mass is 10.1. The SMILES string of the molecule is CC(C)N(C)S(=O)(=O)Nc1ccc(CCNCC(O)c2cccnc2)cc1. The van der Waals surface area contributed by atoms with Crippen LogP contribution in [0.4, 0.5) is 5.69 Å². The Morgan fingerprint density at radius 3 is 2.48 bits per heavy atom. The van der Waals surface area contributed by atoms with Crippen LogP contribution in [0.2, 0.25) is 0 Å². The van der Waals surface area contributed by atoms with Gasteiger partial charge >= 0.3 is 10.2 Å². The Hall–Kier alpha value is -2.00. The first kappa shape index (κ1) is 21.3. The first-order chi connectivity index (χ1) is 12.8. The van der Waals surface area contributed by atoms with Gasteiger partial charge in [0.2, 0.25) is 0 Å². The van der Waals surface area contributed by atoms with E-state index in [9.17, 15) is 13.5 Å². The first-order valence-electron chi connectivity index (χ1n) is 8.93. The highest BCUT2D eigenvalue weighted by molar-refractivity contribution is 7.90. The number of aliphatic hydroxyl groups excluding tert-OH is 1. The average Bonchev–Trinajstić information content (AvgIpc) is 2.66. The second kappa shape index (κ2) is 9.80. The van der Waals surface area contributed by atoms with Crippen LogP contribution < -0.4 is 10.0 Å². The van der Waals surface area contributed by atoms with Gasteiger partial charge in [0.1, 0.15) is 0 Å². The van der Waals surface area contributed by atoms with Crippen LogP contribution >= 0.6 is 0 Å². The number of aliphatic hydroxyl groups is 1. The van der Waals surface area contributed by atoms with Crippen molar-refractivity contribution in [1.82, 2.24) is 14.6 Å². The predicted molar refractivity (Wildman–Crippen MR) is 108 cm³/mol. The van der Waals surface area contributed by atoms with Crippen LogP contribution in [-0.4, -0.2) is 49.0 Å². The molecule has 1 heterocycles. The van der Waals surface area contributed by atoms with Crippen molar-refractivity contribution in [2.75, 3.05) is 24.9 Å². The fourth-order valence-electron chi connectivity index (χ4n) is 2.40. The molecule has 0 radical (unpaired) electrons. The van der Waals surface area contributed by atoms with Gasteiger partial charge in [-0.05, 0) is 50.6 Å². The van der Waals surface area contributed by atoms with Gasteiger partial charge in [0.25, 0.3) is 0 Å². The number of nitrogens with zero attached hydrogens (tertiary/aromatic N) is 2. The van der Waals surface area contributed by atoms with Crippen molar-refractivity contribution in [1.29, 1.82) is 0 Å². The van der Waals surface area contributed by atoms with Crippen LogP contribution in [-0.2, 0) is 16.6 Å².